The molecule has 0 atom stereocenters. The first-order chi connectivity index (χ1) is 14.0. The number of para-hydroxylation sites is 2. The van der Waals surface area contributed by atoms with Crippen LogP contribution in [0.1, 0.15) is 10.4 Å². The lowest BCUT2D eigenvalue weighted by molar-refractivity contribution is -0.120. The highest BCUT2D eigenvalue weighted by Crippen LogP contribution is 2.38. The van der Waals surface area contributed by atoms with E-state index < -0.39 is 5.91 Å². The number of benzene rings is 2. The van der Waals surface area contributed by atoms with Crippen LogP contribution < -0.4 is 15.0 Å². The summed E-state index contributed by atoms with van der Waals surface area (Å²) >= 11 is 7.46. The Hall–Kier alpha value is -3.09. The molecule has 2 heterocycles. The molecule has 1 aromatic heterocycles. The molecule has 29 heavy (non-hydrogen) atoms. The van der Waals surface area contributed by atoms with Gasteiger partial charge in [-0.1, -0.05) is 29.8 Å². The van der Waals surface area contributed by atoms with Crippen LogP contribution in [0.3, 0.4) is 0 Å². The molecule has 5 nitrogen and oxygen atoms in total. The van der Waals surface area contributed by atoms with Gasteiger partial charge in [0.1, 0.15) is 11.4 Å². The number of methoxy groups -OCH3 is 1. The van der Waals surface area contributed by atoms with E-state index in [1.165, 1.54) is 16.2 Å². The smallest absolute Gasteiger partial charge is 0.282 e. The van der Waals surface area contributed by atoms with Gasteiger partial charge in [0.25, 0.3) is 11.8 Å². The lowest BCUT2D eigenvalue weighted by Crippen LogP contribution is -2.33. The lowest BCUT2D eigenvalue weighted by atomic mass is 10.1. The second kappa shape index (κ2) is 7.73. The molecule has 7 heteroatoms. The average molecular weight is 425 g/mol. The number of carbonyl (C=O) groups is 2. The summed E-state index contributed by atoms with van der Waals surface area (Å²) in [5.41, 5.74) is 2.41. The topological polar surface area (TPSA) is 58.6 Å². The minimum absolute atomic E-state index is 0.219. The van der Waals surface area contributed by atoms with E-state index in [4.69, 9.17) is 16.3 Å². The molecule has 0 saturated heterocycles. The average Bonchev–Trinajstić information content (AvgIpc) is 3.30. The third-order valence-electron chi connectivity index (χ3n) is 4.62. The standard InChI is InChI=1S/C22H17ClN2O3S/c1-13-12-14(23)9-10-16(13)25-21(26)19(18-8-5-11-29-18)20(22(25)27)24-15-6-3-4-7-17(15)28-2/h3-12,24H,1-2H3. The van der Waals surface area contributed by atoms with Crippen molar-refractivity contribution in [3.63, 3.8) is 0 Å². The number of aryl methyl sites for hydroxylation is 1. The third-order valence-corrected chi connectivity index (χ3v) is 5.74. The molecule has 0 unspecified atom stereocenters. The minimum Gasteiger partial charge on any atom is -0.495 e. The van der Waals surface area contributed by atoms with Crippen molar-refractivity contribution in [1.29, 1.82) is 0 Å². The molecular formula is C22H17ClN2O3S. The van der Waals surface area contributed by atoms with Crippen molar-refractivity contribution in [3.05, 3.63) is 81.1 Å². The van der Waals surface area contributed by atoms with E-state index in [1.54, 1.807) is 37.4 Å². The summed E-state index contributed by atoms with van der Waals surface area (Å²) < 4.78 is 5.38. The van der Waals surface area contributed by atoms with Crippen LogP contribution in [0, 0.1) is 6.92 Å². The molecule has 0 aliphatic carbocycles. The van der Waals surface area contributed by atoms with Crippen molar-refractivity contribution < 1.29 is 14.3 Å². The van der Waals surface area contributed by atoms with Gasteiger partial charge in [-0.2, -0.15) is 0 Å². The molecule has 0 spiro atoms. The predicted octanol–water partition coefficient (Wildman–Crippen LogP) is 5.12. The van der Waals surface area contributed by atoms with Crippen molar-refractivity contribution in [2.75, 3.05) is 17.3 Å². The van der Waals surface area contributed by atoms with Crippen LogP contribution in [0.2, 0.25) is 5.02 Å². The van der Waals surface area contributed by atoms with E-state index in [-0.39, 0.29) is 11.6 Å². The Morgan fingerprint density at radius 3 is 2.52 bits per heavy atom. The van der Waals surface area contributed by atoms with Crippen LogP contribution in [0.4, 0.5) is 11.4 Å². The van der Waals surface area contributed by atoms with E-state index in [1.807, 2.05) is 36.6 Å². The molecule has 1 aliphatic rings. The van der Waals surface area contributed by atoms with Crippen molar-refractivity contribution in [1.82, 2.24) is 0 Å². The summed E-state index contributed by atoms with van der Waals surface area (Å²) in [6.07, 6.45) is 0. The number of nitrogens with zero attached hydrogens (tertiary/aromatic N) is 1. The van der Waals surface area contributed by atoms with E-state index >= 15 is 0 Å². The van der Waals surface area contributed by atoms with Gasteiger partial charge in [0.05, 0.1) is 24.1 Å². The number of amides is 2. The molecule has 146 valence electrons. The molecule has 3 aromatic rings. The monoisotopic (exact) mass is 424 g/mol. The van der Waals surface area contributed by atoms with Crippen LogP contribution >= 0.6 is 22.9 Å². The number of carbonyl (C=O) groups excluding carboxylic acids is 2. The summed E-state index contributed by atoms with van der Waals surface area (Å²) in [4.78, 5) is 28.6. The van der Waals surface area contributed by atoms with Gasteiger partial charge in [0, 0.05) is 9.90 Å². The zero-order valence-corrected chi connectivity index (χ0v) is 17.3. The second-order valence-electron chi connectivity index (χ2n) is 6.43. The van der Waals surface area contributed by atoms with Crippen molar-refractivity contribution in [2.45, 2.75) is 6.92 Å². The molecule has 0 saturated carbocycles. The van der Waals surface area contributed by atoms with Gasteiger partial charge in [-0.05, 0) is 54.3 Å². The van der Waals surface area contributed by atoms with E-state index in [2.05, 4.69) is 5.32 Å². The Kier molecular flexibility index (Phi) is 5.13. The molecular weight excluding hydrogens is 408 g/mol. The zero-order chi connectivity index (χ0) is 20.5. The zero-order valence-electron chi connectivity index (χ0n) is 15.7. The molecule has 1 N–H and O–H groups in total. The number of anilines is 2. The Bertz CT molecular complexity index is 1140. The highest BCUT2D eigenvalue weighted by molar-refractivity contribution is 7.11. The first-order valence-corrected chi connectivity index (χ1v) is 10.1. The van der Waals surface area contributed by atoms with Crippen molar-refractivity contribution in [2.24, 2.45) is 0 Å². The molecule has 2 aromatic carbocycles. The third kappa shape index (κ3) is 3.41. The number of imide groups is 1. The van der Waals surface area contributed by atoms with Crippen molar-refractivity contribution >= 4 is 51.7 Å². The fraction of sp³-hybridized carbons (Fsp3) is 0.0909. The summed E-state index contributed by atoms with van der Waals surface area (Å²) in [5, 5.41) is 5.55. The number of halogens is 1. The predicted molar refractivity (Wildman–Crippen MR) is 117 cm³/mol. The van der Waals surface area contributed by atoms with E-state index in [9.17, 15) is 9.59 Å². The SMILES string of the molecule is COc1ccccc1NC1=C(c2cccs2)C(=O)N(c2ccc(Cl)cc2C)C1=O. The fourth-order valence-corrected chi connectivity index (χ4v) is 4.26. The number of nitrogens with one attached hydrogen (secondary N) is 1. The summed E-state index contributed by atoms with van der Waals surface area (Å²) in [5.74, 6) is -0.220. The van der Waals surface area contributed by atoms with Gasteiger partial charge < -0.3 is 10.1 Å². The summed E-state index contributed by atoms with van der Waals surface area (Å²) in [7, 11) is 1.56. The van der Waals surface area contributed by atoms with Gasteiger partial charge in [-0.15, -0.1) is 11.3 Å². The highest BCUT2D eigenvalue weighted by atomic mass is 35.5. The maximum Gasteiger partial charge on any atom is 0.282 e. The van der Waals surface area contributed by atoms with Gasteiger partial charge in [-0.25, -0.2) is 4.90 Å². The van der Waals surface area contributed by atoms with Crippen LogP contribution in [-0.4, -0.2) is 18.9 Å². The molecule has 0 radical (unpaired) electrons. The van der Waals surface area contributed by atoms with E-state index in [0.29, 0.717) is 27.7 Å². The highest BCUT2D eigenvalue weighted by Gasteiger charge is 2.41. The van der Waals surface area contributed by atoms with Crippen LogP contribution in [0.25, 0.3) is 5.57 Å². The summed E-state index contributed by atoms with van der Waals surface area (Å²) in [6, 6.07) is 16.0. The molecule has 0 fully saturated rings. The van der Waals surface area contributed by atoms with E-state index in [0.717, 1.165) is 10.4 Å². The second-order valence-corrected chi connectivity index (χ2v) is 7.81. The lowest BCUT2D eigenvalue weighted by Gasteiger charge is -2.18. The number of hydrogen-bond acceptors (Lipinski definition) is 5. The molecule has 2 amide bonds. The first-order valence-electron chi connectivity index (χ1n) is 8.84. The normalized spacial score (nSPS) is 14.0. The maximum atomic E-state index is 13.4. The van der Waals surface area contributed by atoms with Gasteiger partial charge in [0.15, 0.2) is 0 Å². The summed E-state index contributed by atoms with van der Waals surface area (Å²) in [6.45, 7) is 1.82. The van der Waals surface area contributed by atoms with Crippen LogP contribution in [0.5, 0.6) is 5.75 Å². The maximum absolute atomic E-state index is 13.4. The quantitative estimate of drug-likeness (QED) is 0.578. The molecule has 1 aliphatic heterocycles. The number of ether oxygens (including phenoxy) is 1. The van der Waals surface area contributed by atoms with Crippen LogP contribution in [-0.2, 0) is 9.59 Å². The van der Waals surface area contributed by atoms with Crippen molar-refractivity contribution in [3.8, 4) is 5.75 Å². The van der Waals surface area contributed by atoms with Gasteiger partial charge in [0.2, 0.25) is 0 Å². The Balaban J connectivity index is 1.83. The number of thiophene rings is 1. The van der Waals surface area contributed by atoms with Crippen LogP contribution in [0.15, 0.2) is 65.7 Å². The Labute approximate surface area is 177 Å². The Morgan fingerprint density at radius 1 is 1.03 bits per heavy atom. The largest absolute Gasteiger partial charge is 0.495 e. The first kappa shape index (κ1) is 19.2. The Morgan fingerprint density at radius 2 is 1.83 bits per heavy atom. The number of rotatable bonds is 5. The minimum atomic E-state index is -0.422. The van der Waals surface area contributed by atoms with Gasteiger partial charge >= 0.3 is 0 Å². The fourth-order valence-electron chi connectivity index (χ4n) is 3.27. The molecule has 0 bridgehead atoms. The number of hydrogen-bond donors (Lipinski definition) is 1. The van der Waals surface area contributed by atoms with Gasteiger partial charge in [-0.3, -0.25) is 9.59 Å². The molecule has 4 rings (SSSR count).